The molecular weight excluding hydrogens is 300 g/mol. The van der Waals surface area contributed by atoms with Gasteiger partial charge in [0.25, 0.3) is 5.91 Å². The lowest BCUT2D eigenvalue weighted by Gasteiger charge is -2.14. The third-order valence-corrected chi connectivity index (χ3v) is 4.86. The first-order valence-corrected chi connectivity index (χ1v) is 9.04. The monoisotopic (exact) mass is 326 g/mol. The minimum Gasteiger partial charge on any atom is -0.351 e. The predicted octanol–water partition coefficient (Wildman–Crippen LogP) is 4.47. The van der Waals surface area contributed by atoms with Gasteiger partial charge in [-0.1, -0.05) is 68.1 Å². The van der Waals surface area contributed by atoms with Crippen molar-refractivity contribution in [3.05, 3.63) is 53.4 Å². The topological polar surface area (TPSA) is 55.1 Å². The molecule has 0 unspecified atom stereocenters. The Morgan fingerprint density at radius 1 is 1.21 bits per heavy atom. The Kier molecular flexibility index (Phi) is 5.68. The Balaban J connectivity index is 1.57. The maximum atomic E-state index is 12.3. The van der Waals surface area contributed by atoms with Gasteiger partial charge < -0.3 is 9.84 Å². The van der Waals surface area contributed by atoms with Gasteiger partial charge in [-0.2, -0.15) is 0 Å². The average molecular weight is 326 g/mol. The standard InChI is InChI=1S/C20H26N2O2/c1-15(16-9-5-4-6-10-16)13-18-14-19(24-22-18)20(23)21-17-11-7-2-3-8-12-17/h4-6,9-10,14-15,17H,2-3,7-8,11-13H2,1H3,(H,21,23)/t15-/m0/s1. The van der Waals surface area contributed by atoms with E-state index in [4.69, 9.17) is 4.52 Å². The maximum absolute atomic E-state index is 12.3. The molecule has 4 heteroatoms. The lowest BCUT2D eigenvalue weighted by atomic mass is 9.96. The van der Waals surface area contributed by atoms with E-state index in [0.717, 1.165) is 25.0 Å². The molecule has 1 fully saturated rings. The Bertz CT molecular complexity index is 643. The van der Waals surface area contributed by atoms with E-state index in [9.17, 15) is 4.79 Å². The summed E-state index contributed by atoms with van der Waals surface area (Å²) in [6.07, 6.45) is 7.84. The molecule has 0 bridgehead atoms. The number of nitrogens with zero attached hydrogens (tertiary/aromatic N) is 1. The molecule has 1 saturated carbocycles. The number of amides is 1. The van der Waals surface area contributed by atoms with Crippen molar-refractivity contribution >= 4 is 5.91 Å². The van der Waals surface area contributed by atoms with Crippen LogP contribution in [0, 0.1) is 0 Å². The Morgan fingerprint density at radius 3 is 2.62 bits per heavy atom. The number of hydrogen-bond donors (Lipinski definition) is 1. The van der Waals surface area contributed by atoms with Gasteiger partial charge in [0.2, 0.25) is 5.76 Å². The lowest BCUT2D eigenvalue weighted by molar-refractivity contribution is 0.0896. The first-order valence-electron chi connectivity index (χ1n) is 9.04. The summed E-state index contributed by atoms with van der Waals surface area (Å²) in [6.45, 7) is 2.16. The largest absolute Gasteiger partial charge is 0.351 e. The normalized spacial score (nSPS) is 17.2. The third-order valence-electron chi connectivity index (χ3n) is 4.86. The fourth-order valence-corrected chi connectivity index (χ4v) is 3.41. The molecule has 1 aliphatic carbocycles. The van der Waals surface area contributed by atoms with Gasteiger partial charge in [0.15, 0.2) is 0 Å². The molecule has 1 aromatic heterocycles. The van der Waals surface area contributed by atoms with E-state index in [2.05, 4.69) is 29.5 Å². The molecule has 2 aromatic rings. The molecular formula is C20H26N2O2. The Morgan fingerprint density at radius 2 is 1.92 bits per heavy atom. The minimum absolute atomic E-state index is 0.131. The summed E-state index contributed by atoms with van der Waals surface area (Å²) in [5.41, 5.74) is 2.10. The zero-order valence-corrected chi connectivity index (χ0v) is 14.3. The number of hydrogen-bond acceptors (Lipinski definition) is 3. The molecule has 1 heterocycles. The highest BCUT2D eigenvalue weighted by molar-refractivity contribution is 5.91. The van der Waals surface area contributed by atoms with Crippen LogP contribution >= 0.6 is 0 Å². The van der Waals surface area contributed by atoms with E-state index in [1.54, 1.807) is 6.07 Å². The predicted molar refractivity (Wildman–Crippen MR) is 94.0 cm³/mol. The number of carbonyl (C=O) groups is 1. The number of nitrogens with one attached hydrogen (secondary N) is 1. The van der Waals surface area contributed by atoms with E-state index >= 15 is 0 Å². The second-order valence-electron chi connectivity index (χ2n) is 6.86. The zero-order valence-electron chi connectivity index (χ0n) is 14.3. The fraction of sp³-hybridized carbons (Fsp3) is 0.500. The van der Waals surface area contributed by atoms with Gasteiger partial charge in [-0.15, -0.1) is 0 Å². The molecule has 1 aliphatic rings. The summed E-state index contributed by atoms with van der Waals surface area (Å²) in [6, 6.07) is 12.4. The van der Waals surface area contributed by atoms with E-state index in [1.165, 1.54) is 31.2 Å². The van der Waals surface area contributed by atoms with Crippen LogP contribution in [0.5, 0.6) is 0 Å². The highest BCUT2D eigenvalue weighted by atomic mass is 16.5. The molecule has 4 nitrogen and oxygen atoms in total. The van der Waals surface area contributed by atoms with Gasteiger partial charge in [-0.3, -0.25) is 4.79 Å². The van der Waals surface area contributed by atoms with Crippen LogP contribution in [-0.4, -0.2) is 17.1 Å². The summed E-state index contributed by atoms with van der Waals surface area (Å²) in [7, 11) is 0. The summed E-state index contributed by atoms with van der Waals surface area (Å²) in [5.74, 6) is 0.539. The van der Waals surface area contributed by atoms with Gasteiger partial charge in [-0.25, -0.2) is 0 Å². The Labute approximate surface area is 143 Å². The highest BCUT2D eigenvalue weighted by Crippen LogP contribution is 2.21. The molecule has 24 heavy (non-hydrogen) atoms. The van der Waals surface area contributed by atoms with Crippen molar-refractivity contribution in [3.63, 3.8) is 0 Å². The fourth-order valence-electron chi connectivity index (χ4n) is 3.41. The van der Waals surface area contributed by atoms with Gasteiger partial charge in [0, 0.05) is 12.1 Å². The van der Waals surface area contributed by atoms with Gasteiger partial charge in [0.1, 0.15) is 0 Å². The van der Waals surface area contributed by atoms with Gasteiger partial charge >= 0.3 is 0 Å². The second kappa shape index (κ2) is 8.13. The molecule has 1 amide bonds. The van der Waals surface area contributed by atoms with Crippen LogP contribution in [0.1, 0.15) is 73.2 Å². The molecule has 1 N–H and O–H groups in total. The van der Waals surface area contributed by atoms with Crippen molar-refractivity contribution in [2.75, 3.05) is 0 Å². The van der Waals surface area contributed by atoms with Gasteiger partial charge in [0.05, 0.1) is 5.69 Å². The van der Waals surface area contributed by atoms with E-state index < -0.39 is 0 Å². The van der Waals surface area contributed by atoms with Crippen molar-refractivity contribution < 1.29 is 9.32 Å². The van der Waals surface area contributed by atoms with Crippen molar-refractivity contribution in [1.82, 2.24) is 10.5 Å². The van der Waals surface area contributed by atoms with Crippen LogP contribution in [0.25, 0.3) is 0 Å². The molecule has 128 valence electrons. The van der Waals surface area contributed by atoms with Crippen LogP contribution in [0.2, 0.25) is 0 Å². The average Bonchev–Trinajstić information content (AvgIpc) is 2.92. The van der Waals surface area contributed by atoms with Gasteiger partial charge in [-0.05, 0) is 30.7 Å². The second-order valence-corrected chi connectivity index (χ2v) is 6.86. The number of carbonyl (C=O) groups excluding carboxylic acids is 1. The minimum atomic E-state index is -0.131. The van der Waals surface area contributed by atoms with Crippen LogP contribution < -0.4 is 5.32 Å². The smallest absolute Gasteiger partial charge is 0.290 e. The third kappa shape index (κ3) is 4.47. The molecule has 0 aliphatic heterocycles. The Hall–Kier alpha value is -2.10. The first-order chi connectivity index (χ1) is 11.7. The van der Waals surface area contributed by atoms with Crippen molar-refractivity contribution in [2.24, 2.45) is 0 Å². The first kappa shape index (κ1) is 16.7. The van der Waals surface area contributed by atoms with Crippen LogP contribution in [-0.2, 0) is 6.42 Å². The molecule has 1 aromatic carbocycles. The van der Waals surface area contributed by atoms with Crippen LogP contribution in [0.15, 0.2) is 40.9 Å². The van der Waals surface area contributed by atoms with Crippen LogP contribution in [0.4, 0.5) is 0 Å². The van der Waals surface area contributed by atoms with Crippen molar-refractivity contribution in [3.8, 4) is 0 Å². The van der Waals surface area contributed by atoms with E-state index in [1.807, 2.05) is 18.2 Å². The summed E-state index contributed by atoms with van der Waals surface area (Å²) >= 11 is 0. The number of aromatic nitrogens is 1. The highest BCUT2D eigenvalue weighted by Gasteiger charge is 2.19. The molecule has 0 radical (unpaired) electrons. The summed E-state index contributed by atoms with van der Waals surface area (Å²) < 4.78 is 5.27. The molecule has 0 saturated heterocycles. The number of benzene rings is 1. The zero-order chi connectivity index (χ0) is 16.8. The van der Waals surface area contributed by atoms with Crippen molar-refractivity contribution in [2.45, 2.75) is 63.8 Å². The van der Waals surface area contributed by atoms with E-state index in [-0.39, 0.29) is 11.9 Å². The number of rotatable bonds is 5. The molecule has 3 rings (SSSR count). The summed E-state index contributed by atoms with van der Waals surface area (Å²) in [5, 5.41) is 7.18. The SMILES string of the molecule is C[C@@H](Cc1cc(C(=O)NC2CCCCCC2)on1)c1ccccc1. The lowest BCUT2D eigenvalue weighted by Crippen LogP contribution is -2.34. The van der Waals surface area contributed by atoms with E-state index in [0.29, 0.717) is 11.7 Å². The summed E-state index contributed by atoms with van der Waals surface area (Å²) in [4.78, 5) is 12.3. The van der Waals surface area contributed by atoms with Crippen molar-refractivity contribution in [1.29, 1.82) is 0 Å². The van der Waals surface area contributed by atoms with Crippen LogP contribution in [0.3, 0.4) is 0 Å². The maximum Gasteiger partial charge on any atom is 0.290 e. The molecule has 0 spiro atoms. The molecule has 1 atom stereocenters. The quantitative estimate of drug-likeness (QED) is 0.825.